The van der Waals surface area contributed by atoms with Crippen LogP contribution >= 0.6 is 0 Å². The van der Waals surface area contributed by atoms with Crippen molar-refractivity contribution >= 4 is 70.0 Å². The number of carbonyl (C=O) groups excluding carboxylic acids is 2. The number of hydrazone groups is 1. The van der Waals surface area contributed by atoms with Crippen LogP contribution in [0.25, 0.3) is 43.6 Å². The number of aliphatic hydroxyl groups excluding tert-OH is 4. The van der Waals surface area contributed by atoms with E-state index in [0.717, 1.165) is 10.6 Å². The maximum atomic E-state index is 14.7. The number of ether oxygens (including phenoxy) is 1. The first kappa shape index (κ1) is 36.8. The summed E-state index contributed by atoms with van der Waals surface area (Å²) in [6, 6.07) is 10.7. The van der Waals surface area contributed by atoms with Crippen LogP contribution in [-0.4, -0.2) is 108 Å². The summed E-state index contributed by atoms with van der Waals surface area (Å²) in [5, 5.41) is 70.7. The van der Waals surface area contributed by atoms with Crippen molar-refractivity contribution in [3.05, 3.63) is 77.1 Å². The standard InChI is InChI=1S/C39H41N5O10Si/c1-39(2,3)55(4,5)53-17-18-10-11-40-14-19(18)15-41-44-36(51)29-27-22-8-6-20(46)12-24(22)42-31(27)32-28(30(29)37(44)52)23-9-7-21(47)13-25(23)43(32)38-35(50)34(49)33(48)26(16-45)54-38/h6-15,26,33-35,38,42,45-50H,16-17H2,1-5H3/b41-15+/t26-,33-,34+,35-,38-/m1/s1. The molecule has 6 aromatic rings. The van der Waals surface area contributed by atoms with Gasteiger partial charge in [0.1, 0.15) is 35.9 Å². The Hall–Kier alpha value is -5.20. The van der Waals surface area contributed by atoms with Gasteiger partial charge in [0.15, 0.2) is 14.5 Å². The lowest BCUT2D eigenvalue weighted by molar-refractivity contribution is -0.249. The molecule has 0 unspecified atom stereocenters. The smallest absolute Gasteiger partial charge is 0.283 e. The van der Waals surface area contributed by atoms with Crippen molar-refractivity contribution in [3.63, 3.8) is 0 Å². The lowest BCUT2D eigenvalue weighted by Crippen LogP contribution is -2.56. The van der Waals surface area contributed by atoms with E-state index in [1.807, 2.05) is 0 Å². The molecule has 8 rings (SSSR count). The summed E-state index contributed by atoms with van der Waals surface area (Å²) in [4.78, 5) is 36.7. The first-order valence-electron chi connectivity index (χ1n) is 17.8. The Bertz CT molecular complexity index is 2590. The van der Waals surface area contributed by atoms with E-state index in [4.69, 9.17) is 9.16 Å². The topological polar surface area (TPSA) is 223 Å². The highest BCUT2D eigenvalue weighted by Crippen LogP contribution is 2.48. The first-order valence-corrected chi connectivity index (χ1v) is 20.7. The Morgan fingerprint density at radius 1 is 0.945 bits per heavy atom. The quantitative estimate of drug-likeness (QED) is 0.0687. The molecule has 15 nitrogen and oxygen atoms in total. The van der Waals surface area contributed by atoms with Crippen LogP contribution in [0.1, 0.15) is 58.8 Å². The van der Waals surface area contributed by atoms with Gasteiger partial charge in [0.2, 0.25) is 0 Å². The fourth-order valence-electron chi connectivity index (χ4n) is 7.34. The van der Waals surface area contributed by atoms with Crippen molar-refractivity contribution in [1.82, 2.24) is 19.5 Å². The lowest BCUT2D eigenvalue weighted by Gasteiger charge is -2.41. The Balaban J connectivity index is 1.35. The molecule has 55 heavy (non-hydrogen) atoms. The highest BCUT2D eigenvalue weighted by atomic mass is 28.4. The van der Waals surface area contributed by atoms with Crippen LogP contribution in [0.3, 0.4) is 0 Å². The van der Waals surface area contributed by atoms with Gasteiger partial charge in [-0.25, -0.2) is 0 Å². The molecular weight excluding hydrogens is 727 g/mol. The third kappa shape index (κ3) is 5.63. The molecule has 0 bridgehead atoms. The minimum absolute atomic E-state index is 0.00896. The summed E-state index contributed by atoms with van der Waals surface area (Å²) in [6.07, 6.45) is -3.28. The van der Waals surface area contributed by atoms with Gasteiger partial charge in [0.25, 0.3) is 11.8 Å². The average Bonchev–Trinajstić information content (AvgIpc) is 3.75. The summed E-state index contributed by atoms with van der Waals surface area (Å²) in [6.45, 7) is 10.3. The van der Waals surface area contributed by atoms with E-state index < -0.39 is 57.4 Å². The Morgan fingerprint density at radius 2 is 1.62 bits per heavy atom. The fraction of sp³-hybridized carbons (Fsp3) is 0.333. The van der Waals surface area contributed by atoms with Gasteiger partial charge in [0.05, 0.1) is 52.6 Å². The Kier molecular flexibility index (Phi) is 8.65. The molecule has 286 valence electrons. The van der Waals surface area contributed by atoms with Crippen LogP contribution in [0, 0.1) is 0 Å². The minimum Gasteiger partial charge on any atom is -0.508 e. The second-order valence-corrected chi connectivity index (χ2v) is 20.5. The molecule has 1 saturated heterocycles. The van der Waals surface area contributed by atoms with Gasteiger partial charge >= 0.3 is 0 Å². The van der Waals surface area contributed by atoms with E-state index in [-0.39, 0.29) is 50.7 Å². The highest BCUT2D eigenvalue weighted by molar-refractivity contribution is 6.74. The lowest BCUT2D eigenvalue weighted by atomic mass is 9.96. The average molecular weight is 768 g/mol. The summed E-state index contributed by atoms with van der Waals surface area (Å²) in [5.41, 5.74) is 2.57. The number of aromatic amines is 1. The van der Waals surface area contributed by atoms with Crippen molar-refractivity contribution in [2.45, 2.75) is 76.2 Å². The molecule has 0 aliphatic carbocycles. The second kappa shape index (κ2) is 12.9. The number of aromatic hydroxyl groups is 2. The van der Waals surface area contributed by atoms with Crippen LogP contribution in [0.4, 0.5) is 0 Å². The zero-order valence-corrected chi connectivity index (χ0v) is 31.7. The molecule has 3 aromatic carbocycles. The van der Waals surface area contributed by atoms with Gasteiger partial charge in [-0.05, 0) is 54.0 Å². The molecule has 3 aromatic heterocycles. The number of nitrogens with zero attached hydrogens (tertiary/aromatic N) is 4. The molecular formula is C39H41N5O10Si. The van der Waals surface area contributed by atoms with Crippen molar-refractivity contribution in [2.24, 2.45) is 5.10 Å². The van der Waals surface area contributed by atoms with Crippen molar-refractivity contribution in [2.75, 3.05) is 6.61 Å². The van der Waals surface area contributed by atoms with E-state index in [1.165, 1.54) is 35.0 Å². The molecule has 7 N–H and O–H groups in total. The molecule has 5 atom stereocenters. The van der Waals surface area contributed by atoms with Gasteiger partial charge < -0.3 is 49.4 Å². The normalized spacial score (nSPS) is 22.3. The minimum atomic E-state index is -2.13. The molecule has 16 heteroatoms. The molecule has 0 saturated carbocycles. The number of rotatable bonds is 7. The van der Waals surface area contributed by atoms with E-state index in [1.54, 1.807) is 30.6 Å². The number of amides is 2. The predicted octanol–water partition coefficient (Wildman–Crippen LogP) is 4.36. The number of phenols is 2. The number of hydrogen-bond acceptors (Lipinski definition) is 12. The van der Waals surface area contributed by atoms with Gasteiger partial charge in [0, 0.05) is 51.6 Å². The number of carbonyl (C=O) groups is 2. The number of aliphatic hydroxyl groups is 4. The molecule has 2 aliphatic heterocycles. The summed E-state index contributed by atoms with van der Waals surface area (Å²) < 4.78 is 14.0. The largest absolute Gasteiger partial charge is 0.508 e. The third-order valence-corrected chi connectivity index (χ3v) is 15.8. The van der Waals surface area contributed by atoms with E-state index >= 15 is 0 Å². The maximum Gasteiger partial charge on any atom is 0.283 e. The Labute approximate surface area is 314 Å². The number of aromatic nitrogens is 3. The van der Waals surface area contributed by atoms with Crippen molar-refractivity contribution in [1.29, 1.82) is 0 Å². The zero-order chi connectivity index (χ0) is 39.3. The number of imide groups is 1. The highest BCUT2D eigenvalue weighted by Gasteiger charge is 2.47. The summed E-state index contributed by atoms with van der Waals surface area (Å²) in [5.74, 6) is -1.70. The molecule has 0 spiro atoms. The van der Waals surface area contributed by atoms with E-state index in [2.05, 4.69) is 48.9 Å². The number of phenolic OH excluding ortho intramolecular Hbond substituents is 2. The summed E-state index contributed by atoms with van der Waals surface area (Å²) >= 11 is 0. The first-order chi connectivity index (χ1) is 26.0. The SMILES string of the molecule is CC(C)(C)[Si](C)(C)OCc1ccncc1/C=N/N1C(=O)c2c(c3c4ccc(O)cc4n([C@@H]4O[C@H](CO)[C@@H](O)[C@H](O)[C@H]4O)c3c3[nH]c4cc(O)ccc4c23)C1=O. The van der Waals surface area contributed by atoms with Crippen LogP contribution in [-0.2, 0) is 15.8 Å². The van der Waals surface area contributed by atoms with E-state index in [9.17, 15) is 40.2 Å². The van der Waals surface area contributed by atoms with E-state index in [0.29, 0.717) is 32.8 Å². The third-order valence-electron chi connectivity index (χ3n) is 11.3. The molecule has 0 radical (unpaired) electrons. The van der Waals surface area contributed by atoms with Crippen LogP contribution in [0.5, 0.6) is 11.5 Å². The predicted molar refractivity (Wildman–Crippen MR) is 205 cm³/mol. The number of H-pyrrole nitrogens is 1. The fourth-order valence-corrected chi connectivity index (χ4v) is 8.29. The molecule has 5 heterocycles. The van der Waals surface area contributed by atoms with Crippen LogP contribution < -0.4 is 0 Å². The number of fused-ring (bicyclic) bond motifs is 10. The second-order valence-electron chi connectivity index (χ2n) is 15.7. The number of benzene rings is 3. The molecule has 2 aliphatic rings. The zero-order valence-electron chi connectivity index (χ0n) is 30.7. The van der Waals surface area contributed by atoms with Crippen LogP contribution in [0.2, 0.25) is 18.1 Å². The monoisotopic (exact) mass is 767 g/mol. The number of hydrogen-bond donors (Lipinski definition) is 7. The Morgan fingerprint density at radius 3 is 2.31 bits per heavy atom. The molecule has 1 fully saturated rings. The number of pyridine rings is 1. The van der Waals surface area contributed by atoms with Gasteiger partial charge in [-0.15, -0.1) is 0 Å². The van der Waals surface area contributed by atoms with Crippen LogP contribution in [0.15, 0.2) is 60.0 Å². The maximum absolute atomic E-state index is 14.7. The van der Waals surface area contributed by atoms with Gasteiger partial charge in [-0.1, -0.05) is 20.8 Å². The van der Waals surface area contributed by atoms with Gasteiger partial charge in [-0.3, -0.25) is 14.6 Å². The summed E-state index contributed by atoms with van der Waals surface area (Å²) in [7, 11) is -2.13. The van der Waals surface area contributed by atoms with Crippen molar-refractivity contribution < 1.29 is 49.4 Å². The molecule has 2 amide bonds. The number of nitrogens with one attached hydrogen (secondary N) is 1. The van der Waals surface area contributed by atoms with Crippen molar-refractivity contribution in [3.8, 4) is 11.5 Å². The van der Waals surface area contributed by atoms with Gasteiger partial charge in [-0.2, -0.15) is 10.1 Å².